The van der Waals surface area contributed by atoms with Crippen LogP contribution in [0.1, 0.15) is 61.6 Å². The summed E-state index contributed by atoms with van der Waals surface area (Å²) in [4.78, 5) is 2.69. The Kier molecular flexibility index (Phi) is 9.89. The molecular weight excluding hydrogens is 747 g/mol. The highest BCUT2D eigenvalue weighted by Gasteiger charge is 2.41. The Balaban J connectivity index is 1.19. The molecule has 0 bridgehead atoms. The number of fused-ring (bicyclic) bond motifs is 4. The Morgan fingerprint density at radius 3 is 1.81 bits per heavy atom. The summed E-state index contributed by atoms with van der Waals surface area (Å²) in [5.74, 6) is 0.573. The third-order valence-corrected chi connectivity index (χ3v) is 14.0. The van der Waals surface area contributed by atoms with Gasteiger partial charge in [0.1, 0.15) is 0 Å². The summed E-state index contributed by atoms with van der Waals surface area (Å²) >= 11 is 0. The van der Waals surface area contributed by atoms with Crippen molar-refractivity contribution in [2.75, 3.05) is 4.90 Å². The molecule has 1 saturated carbocycles. The van der Waals surface area contributed by atoms with Gasteiger partial charge >= 0.3 is 0 Å². The number of para-hydroxylation sites is 2. The molecule has 2 unspecified atom stereocenters. The lowest BCUT2D eigenvalue weighted by atomic mass is 9.70. The Morgan fingerprint density at radius 2 is 1.03 bits per heavy atom. The van der Waals surface area contributed by atoms with Gasteiger partial charge in [-0.1, -0.05) is 226 Å². The summed E-state index contributed by atoms with van der Waals surface area (Å²) in [5, 5.41) is 7.79. The molecule has 1 nitrogen and oxygen atoms in total. The van der Waals surface area contributed by atoms with Gasteiger partial charge in [0.25, 0.3) is 0 Å². The van der Waals surface area contributed by atoms with E-state index in [1.54, 1.807) is 0 Å². The van der Waals surface area contributed by atoms with Crippen LogP contribution in [0.15, 0.2) is 218 Å². The summed E-state index contributed by atoms with van der Waals surface area (Å²) < 4.78 is 0. The zero-order valence-corrected chi connectivity index (χ0v) is 35.4. The predicted octanol–water partition coefficient (Wildman–Crippen LogP) is 16.6. The molecule has 0 N–H and O–H groups in total. The number of rotatable bonds is 8. The third-order valence-electron chi connectivity index (χ3n) is 14.0. The number of benzene rings is 9. The predicted molar refractivity (Wildman–Crippen MR) is 265 cm³/mol. The molecule has 2 atom stereocenters. The second-order valence-corrected chi connectivity index (χ2v) is 17.6. The molecule has 2 aliphatic rings. The van der Waals surface area contributed by atoms with Crippen molar-refractivity contribution in [2.45, 2.75) is 56.4 Å². The molecule has 1 fully saturated rings. The van der Waals surface area contributed by atoms with Crippen molar-refractivity contribution in [1.82, 2.24) is 0 Å². The number of allylic oxidation sites excluding steroid dienone is 2. The van der Waals surface area contributed by atoms with Gasteiger partial charge in [-0.25, -0.2) is 0 Å². The van der Waals surface area contributed by atoms with Gasteiger partial charge in [-0.05, 0) is 104 Å². The van der Waals surface area contributed by atoms with Gasteiger partial charge in [0.05, 0.1) is 6.04 Å². The maximum atomic E-state index is 2.69. The molecule has 9 aromatic rings. The first-order valence-electron chi connectivity index (χ1n) is 22.6. The van der Waals surface area contributed by atoms with Crippen LogP contribution in [-0.2, 0) is 5.41 Å². The fourth-order valence-corrected chi connectivity index (χ4v) is 10.9. The minimum absolute atomic E-state index is 0.0942. The highest BCUT2D eigenvalue weighted by Crippen LogP contribution is 2.51. The molecule has 0 saturated heterocycles. The van der Waals surface area contributed by atoms with E-state index in [2.05, 4.69) is 230 Å². The molecule has 0 heterocycles. The van der Waals surface area contributed by atoms with Gasteiger partial charge < -0.3 is 4.90 Å². The van der Waals surface area contributed by atoms with Crippen molar-refractivity contribution < 1.29 is 0 Å². The van der Waals surface area contributed by atoms with Crippen molar-refractivity contribution in [2.24, 2.45) is 0 Å². The van der Waals surface area contributed by atoms with Crippen LogP contribution in [0, 0.1) is 0 Å². The zero-order chi connectivity index (χ0) is 41.5. The Hall–Kier alpha value is -6.96. The molecule has 0 aliphatic heterocycles. The van der Waals surface area contributed by atoms with E-state index in [1.165, 1.54) is 120 Å². The largest absolute Gasteiger partial charge is 0.332 e. The van der Waals surface area contributed by atoms with Crippen LogP contribution in [0.3, 0.4) is 0 Å². The highest BCUT2D eigenvalue weighted by molar-refractivity contribution is 6.13. The molecule has 62 heavy (non-hydrogen) atoms. The van der Waals surface area contributed by atoms with Crippen molar-refractivity contribution in [3.63, 3.8) is 0 Å². The van der Waals surface area contributed by atoms with Crippen molar-refractivity contribution in [3.8, 4) is 22.3 Å². The van der Waals surface area contributed by atoms with E-state index in [4.69, 9.17) is 0 Å². The quantitative estimate of drug-likeness (QED) is 0.138. The van der Waals surface area contributed by atoms with E-state index < -0.39 is 5.41 Å². The molecule has 9 aromatic carbocycles. The third kappa shape index (κ3) is 6.64. The second-order valence-electron chi connectivity index (χ2n) is 17.6. The number of nitrogens with zero attached hydrogens (tertiary/aromatic N) is 1. The lowest BCUT2D eigenvalue weighted by Gasteiger charge is -2.46. The van der Waals surface area contributed by atoms with Crippen LogP contribution in [0.5, 0.6) is 0 Å². The van der Waals surface area contributed by atoms with Crippen molar-refractivity contribution in [3.05, 3.63) is 235 Å². The molecule has 0 aromatic heterocycles. The normalized spacial score (nSPS) is 18.0. The molecule has 0 amide bonds. The van der Waals surface area contributed by atoms with Crippen LogP contribution in [0.2, 0.25) is 0 Å². The fraction of sp³-hybridized carbons (Fsp3) is 0.148. The van der Waals surface area contributed by atoms with Crippen LogP contribution < -0.4 is 4.90 Å². The first kappa shape index (κ1) is 38.0. The van der Waals surface area contributed by atoms with E-state index in [0.29, 0.717) is 5.92 Å². The van der Waals surface area contributed by atoms with E-state index in [9.17, 15) is 0 Å². The van der Waals surface area contributed by atoms with E-state index in [-0.39, 0.29) is 6.04 Å². The van der Waals surface area contributed by atoms with E-state index >= 15 is 0 Å². The summed E-state index contributed by atoms with van der Waals surface area (Å²) in [6.45, 7) is 2.45. The van der Waals surface area contributed by atoms with Crippen LogP contribution in [0.4, 0.5) is 11.4 Å². The van der Waals surface area contributed by atoms with Crippen LogP contribution in [-0.4, -0.2) is 6.04 Å². The molecule has 0 spiro atoms. The fourth-order valence-electron chi connectivity index (χ4n) is 10.9. The maximum absolute atomic E-state index is 2.69. The number of anilines is 2. The van der Waals surface area contributed by atoms with Gasteiger partial charge in [0.15, 0.2) is 0 Å². The SMILES string of the molecule is CC1(c2ccccc2)C=C(c2ccccc2)C=CC1N(c1ccccc1-c1cccc2c1ccc1ccccc12)c1ccccc1-c1cccc2cccc(C3CCCCC3)c12. The van der Waals surface area contributed by atoms with Gasteiger partial charge in [-0.2, -0.15) is 0 Å². The summed E-state index contributed by atoms with van der Waals surface area (Å²) in [5.41, 5.74) is 12.2. The molecule has 300 valence electrons. The van der Waals surface area contributed by atoms with Crippen molar-refractivity contribution >= 4 is 49.3 Å². The molecule has 11 rings (SSSR count). The Morgan fingerprint density at radius 1 is 0.452 bits per heavy atom. The van der Waals surface area contributed by atoms with Gasteiger partial charge in [-0.15, -0.1) is 0 Å². The van der Waals surface area contributed by atoms with Crippen LogP contribution in [0.25, 0.3) is 60.1 Å². The number of hydrogen-bond acceptors (Lipinski definition) is 1. The van der Waals surface area contributed by atoms with Gasteiger partial charge in [0.2, 0.25) is 0 Å². The monoisotopic (exact) mass is 797 g/mol. The minimum Gasteiger partial charge on any atom is -0.332 e. The average molecular weight is 798 g/mol. The summed E-state index contributed by atoms with van der Waals surface area (Å²) in [7, 11) is 0. The molecule has 0 radical (unpaired) electrons. The van der Waals surface area contributed by atoms with E-state index in [0.717, 1.165) is 0 Å². The van der Waals surface area contributed by atoms with E-state index in [1.807, 2.05) is 0 Å². The van der Waals surface area contributed by atoms with Gasteiger partial charge in [0, 0.05) is 27.9 Å². The Bertz CT molecular complexity index is 3130. The smallest absolute Gasteiger partial charge is 0.0655 e. The summed E-state index contributed by atoms with van der Waals surface area (Å²) in [6, 6.07) is 74.5. The lowest BCUT2D eigenvalue weighted by Crippen LogP contribution is -2.46. The standard InChI is InChI=1S/C61H51N/c1-61(48-27-9-4-10-28-48)42-47(43-20-5-2-6-21-43)39-41-59(61)62(57-36-15-13-30-54(57)52-34-19-33-51-49-29-12-11-24-45(49)38-40-53(51)52)58-37-16-14-31-55(58)56-35-18-26-46-25-17-32-50(60(46)56)44-22-7-3-8-23-44/h2,4-6,9-21,24-42,44,59H,3,7-8,22-23H2,1H3. The average Bonchev–Trinajstić information content (AvgIpc) is 3.35. The summed E-state index contributed by atoms with van der Waals surface area (Å²) in [6.07, 6.45) is 13.8. The van der Waals surface area contributed by atoms with Gasteiger partial charge in [-0.3, -0.25) is 0 Å². The molecular formula is C61H51N. The lowest BCUT2D eigenvalue weighted by molar-refractivity contribution is 0.445. The molecule has 1 heteroatoms. The maximum Gasteiger partial charge on any atom is 0.0655 e. The van der Waals surface area contributed by atoms with Crippen molar-refractivity contribution in [1.29, 1.82) is 0 Å². The molecule has 2 aliphatic carbocycles. The topological polar surface area (TPSA) is 3.24 Å². The zero-order valence-electron chi connectivity index (χ0n) is 35.4. The second kappa shape index (κ2) is 16.1. The van der Waals surface area contributed by atoms with Crippen LogP contribution >= 0.6 is 0 Å². The first-order valence-corrected chi connectivity index (χ1v) is 22.6. The Labute approximate surface area is 366 Å². The minimum atomic E-state index is -0.428. The number of hydrogen-bond donors (Lipinski definition) is 0. The highest BCUT2D eigenvalue weighted by atomic mass is 15.2. The first-order chi connectivity index (χ1) is 30.7.